The number of nitrogens with one attached hydrogen (secondary N) is 1. The lowest BCUT2D eigenvalue weighted by Gasteiger charge is -2.05. The molecule has 1 aliphatic rings. The van der Waals surface area contributed by atoms with E-state index in [9.17, 15) is 0 Å². The van der Waals surface area contributed by atoms with Crippen molar-refractivity contribution in [2.24, 2.45) is 5.92 Å². The molecule has 1 fully saturated rings. The number of aromatic nitrogens is 4. The summed E-state index contributed by atoms with van der Waals surface area (Å²) >= 11 is 0. The lowest BCUT2D eigenvalue weighted by molar-refractivity contribution is 0.789. The van der Waals surface area contributed by atoms with Gasteiger partial charge in [-0.2, -0.15) is 0 Å². The Kier molecular flexibility index (Phi) is 2.29. The van der Waals surface area contributed by atoms with E-state index < -0.39 is 0 Å². The van der Waals surface area contributed by atoms with E-state index >= 15 is 0 Å². The SMILES string of the molecule is c1cc(-n2cnnn2)ccc1NCC1CC1. The van der Waals surface area contributed by atoms with E-state index in [-0.39, 0.29) is 0 Å². The molecule has 1 N–H and O–H groups in total. The van der Waals surface area contributed by atoms with Gasteiger partial charge in [-0.05, 0) is 53.5 Å². The fourth-order valence-corrected chi connectivity index (χ4v) is 1.60. The summed E-state index contributed by atoms with van der Waals surface area (Å²) in [6.45, 7) is 1.09. The lowest BCUT2D eigenvalue weighted by Crippen LogP contribution is -2.03. The van der Waals surface area contributed by atoms with E-state index in [0.29, 0.717) is 0 Å². The maximum absolute atomic E-state index is 3.84. The highest BCUT2D eigenvalue weighted by molar-refractivity contribution is 5.48. The number of anilines is 1. The molecular weight excluding hydrogens is 202 g/mol. The van der Waals surface area contributed by atoms with E-state index in [0.717, 1.165) is 23.8 Å². The van der Waals surface area contributed by atoms with E-state index in [4.69, 9.17) is 0 Å². The maximum atomic E-state index is 3.84. The molecule has 1 heterocycles. The summed E-state index contributed by atoms with van der Waals surface area (Å²) < 4.78 is 1.64. The minimum Gasteiger partial charge on any atom is -0.385 e. The summed E-state index contributed by atoms with van der Waals surface area (Å²) in [4.78, 5) is 0. The molecule has 0 spiro atoms. The van der Waals surface area contributed by atoms with E-state index in [1.54, 1.807) is 11.0 Å². The molecule has 0 amide bonds. The highest BCUT2D eigenvalue weighted by Crippen LogP contribution is 2.28. The molecule has 0 saturated heterocycles. The number of tetrazole rings is 1. The second kappa shape index (κ2) is 3.92. The van der Waals surface area contributed by atoms with Crippen LogP contribution in [0, 0.1) is 5.92 Å². The minimum atomic E-state index is 0.888. The predicted octanol–water partition coefficient (Wildman–Crippen LogP) is 1.48. The van der Waals surface area contributed by atoms with Crippen molar-refractivity contribution in [1.82, 2.24) is 20.2 Å². The van der Waals surface area contributed by atoms with Gasteiger partial charge in [-0.15, -0.1) is 5.10 Å². The topological polar surface area (TPSA) is 55.6 Å². The number of hydrogen-bond donors (Lipinski definition) is 1. The summed E-state index contributed by atoms with van der Waals surface area (Å²) in [5.41, 5.74) is 2.13. The Labute approximate surface area is 93.5 Å². The third-order valence-electron chi connectivity index (χ3n) is 2.77. The first-order valence-corrected chi connectivity index (χ1v) is 5.49. The zero-order chi connectivity index (χ0) is 10.8. The van der Waals surface area contributed by atoms with Crippen LogP contribution in [0.15, 0.2) is 30.6 Å². The first kappa shape index (κ1) is 9.33. The van der Waals surface area contributed by atoms with Crippen LogP contribution in [-0.2, 0) is 0 Å². The Morgan fingerprint density at radius 3 is 2.69 bits per heavy atom. The van der Waals surface area contributed by atoms with Crippen LogP contribution in [0.5, 0.6) is 0 Å². The number of rotatable bonds is 4. The smallest absolute Gasteiger partial charge is 0.143 e. The van der Waals surface area contributed by atoms with Gasteiger partial charge < -0.3 is 5.32 Å². The van der Waals surface area contributed by atoms with Gasteiger partial charge in [0.2, 0.25) is 0 Å². The minimum absolute atomic E-state index is 0.888. The molecule has 16 heavy (non-hydrogen) atoms. The fourth-order valence-electron chi connectivity index (χ4n) is 1.60. The highest BCUT2D eigenvalue weighted by Gasteiger charge is 2.20. The quantitative estimate of drug-likeness (QED) is 0.839. The molecule has 82 valence electrons. The van der Waals surface area contributed by atoms with Crippen LogP contribution in [0.1, 0.15) is 12.8 Å². The van der Waals surface area contributed by atoms with E-state index in [2.05, 4.69) is 33.0 Å². The molecule has 0 aliphatic heterocycles. The Hall–Kier alpha value is -1.91. The number of nitrogens with zero attached hydrogens (tertiary/aromatic N) is 4. The van der Waals surface area contributed by atoms with Gasteiger partial charge in [0.25, 0.3) is 0 Å². The Morgan fingerprint density at radius 2 is 2.06 bits per heavy atom. The Bertz CT molecular complexity index is 444. The van der Waals surface area contributed by atoms with Gasteiger partial charge in [0.15, 0.2) is 0 Å². The van der Waals surface area contributed by atoms with Crippen LogP contribution in [0.25, 0.3) is 5.69 Å². The van der Waals surface area contributed by atoms with Crippen LogP contribution in [-0.4, -0.2) is 26.8 Å². The molecular formula is C11H13N5. The largest absolute Gasteiger partial charge is 0.385 e. The molecule has 5 heteroatoms. The second-order valence-corrected chi connectivity index (χ2v) is 4.13. The third-order valence-corrected chi connectivity index (χ3v) is 2.77. The number of benzene rings is 1. The fraction of sp³-hybridized carbons (Fsp3) is 0.364. The van der Waals surface area contributed by atoms with Crippen LogP contribution in [0.3, 0.4) is 0 Å². The maximum Gasteiger partial charge on any atom is 0.143 e. The van der Waals surface area contributed by atoms with Crippen LogP contribution in [0.2, 0.25) is 0 Å². The number of hydrogen-bond acceptors (Lipinski definition) is 4. The van der Waals surface area contributed by atoms with Gasteiger partial charge in [0, 0.05) is 12.2 Å². The van der Waals surface area contributed by atoms with Gasteiger partial charge in [-0.3, -0.25) is 0 Å². The highest BCUT2D eigenvalue weighted by atomic mass is 15.5. The van der Waals surface area contributed by atoms with Gasteiger partial charge in [-0.1, -0.05) is 0 Å². The molecule has 0 atom stereocenters. The van der Waals surface area contributed by atoms with Gasteiger partial charge in [0.05, 0.1) is 5.69 Å². The van der Waals surface area contributed by atoms with Gasteiger partial charge in [-0.25, -0.2) is 4.68 Å². The Morgan fingerprint density at radius 1 is 1.25 bits per heavy atom. The molecule has 1 aromatic carbocycles. The average molecular weight is 215 g/mol. The van der Waals surface area contributed by atoms with Crippen LogP contribution >= 0.6 is 0 Å². The van der Waals surface area contributed by atoms with Crippen molar-refractivity contribution in [3.05, 3.63) is 30.6 Å². The summed E-state index contributed by atoms with van der Waals surface area (Å²) in [6.07, 6.45) is 4.33. The molecule has 0 radical (unpaired) electrons. The molecule has 1 saturated carbocycles. The van der Waals surface area contributed by atoms with Crippen molar-refractivity contribution in [3.8, 4) is 5.69 Å². The molecule has 3 rings (SSSR count). The Balaban J connectivity index is 1.69. The van der Waals surface area contributed by atoms with E-state index in [1.165, 1.54) is 12.8 Å². The molecule has 0 bridgehead atoms. The summed E-state index contributed by atoms with van der Waals surface area (Å²) in [7, 11) is 0. The van der Waals surface area contributed by atoms with Crippen LogP contribution in [0.4, 0.5) is 5.69 Å². The molecule has 1 aliphatic carbocycles. The monoisotopic (exact) mass is 215 g/mol. The first-order valence-electron chi connectivity index (χ1n) is 5.49. The van der Waals surface area contributed by atoms with Crippen molar-refractivity contribution in [3.63, 3.8) is 0 Å². The standard InChI is InChI=1S/C11H13N5/c1-2-9(1)7-12-10-3-5-11(6-4-10)16-8-13-14-15-16/h3-6,8-9,12H,1-2,7H2. The van der Waals surface area contributed by atoms with Crippen LogP contribution < -0.4 is 5.32 Å². The average Bonchev–Trinajstić information content (AvgIpc) is 3.00. The van der Waals surface area contributed by atoms with E-state index in [1.807, 2.05) is 12.1 Å². The van der Waals surface area contributed by atoms with Crippen molar-refractivity contribution >= 4 is 5.69 Å². The third kappa shape index (κ3) is 2.03. The lowest BCUT2D eigenvalue weighted by atomic mass is 10.2. The molecule has 1 aromatic heterocycles. The molecule has 2 aromatic rings. The van der Waals surface area contributed by atoms with Crippen molar-refractivity contribution in [2.45, 2.75) is 12.8 Å². The van der Waals surface area contributed by atoms with Gasteiger partial charge >= 0.3 is 0 Å². The zero-order valence-electron chi connectivity index (χ0n) is 8.87. The predicted molar refractivity (Wildman–Crippen MR) is 60.4 cm³/mol. The summed E-state index contributed by atoms with van der Waals surface area (Å²) in [5.74, 6) is 0.888. The zero-order valence-corrected chi connectivity index (χ0v) is 8.87. The van der Waals surface area contributed by atoms with Crippen molar-refractivity contribution < 1.29 is 0 Å². The summed E-state index contributed by atoms with van der Waals surface area (Å²) in [6, 6.07) is 8.12. The van der Waals surface area contributed by atoms with Gasteiger partial charge in [0.1, 0.15) is 6.33 Å². The van der Waals surface area contributed by atoms with Crippen molar-refractivity contribution in [1.29, 1.82) is 0 Å². The normalized spacial score (nSPS) is 15.0. The molecule has 0 unspecified atom stereocenters. The summed E-state index contributed by atoms with van der Waals surface area (Å²) in [5, 5.41) is 14.5. The first-order chi connectivity index (χ1) is 7.92. The molecule has 5 nitrogen and oxygen atoms in total. The van der Waals surface area contributed by atoms with Crippen molar-refractivity contribution in [2.75, 3.05) is 11.9 Å². The second-order valence-electron chi connectivity index (χ2n) is 4.13.